The highest BCUT2D eigenvalue weighted by molar-refractivity contribution is 6.00. The lowest BCUT2D eigenvalue weighted by molar-refractivity contribution is -0.192. The van der Waals surface area contributed by atoms with E-state index in [4.69, 9.17) is 29.0 Å². The number of anilines is 1. The summed E-state index contributed by atoms with van der Waals surface area (Å²) in [5, 5.41) is 30.9. The molecule has 1 aromatic carbocycles. The first-order valence-corrected chi connectivity index (χ1v) is 12.2. The van der Waals surface area contributed by atoms with Crippen molar-refractivity contribution in [1.29, 1.82) is 0 Å². The number of benzene rings is 1. The zero-order valence-corrected chi connectivity index (χ0v) is 22.1. The van der Waals surface area contributed by atoms with Crippen molar-refractivity contribution in [3.05, 3.63) is 47.9 Å². The van der Waals surface area contributed by atoms with Crippen molar-refractivity contribution in [3.63, 3.8) is 0 Å². The number of aliphatic carboxylic acids is 1. The minimum Gasteiger partial charge on any atom is -0.497 e. The molecule has 0 saturated heterocycles. The summed E-state index contributed by atoms with van der Waals surface area (Å²) < 4.78 is 50.0. The van der Waals surface area contributed by atoms with Gasteiger partial charge in [0.15, 0.2) is 5.76 Å². The number of nitrogens with one attached hydrogen (secondary N) is 1. The Bertz CT molecular complexity index is 1510. The summed E-state index contributed by atoms with van der Waals surface area (Å²) in [6.07, 6.45) is -1.96. The van der Waals surface area contributed by atoms with Crippen molar-refractivity contribution >= 4 is 22.7 Å². The van der Waals surface area contributed by atoms with Crippen molar-refractivity contribution in [2.24, 2.45) is 0 Å². The van der Waals surface area contributed by atoms with Gasteiger partial charge in [0.1, 0.15) is 34.3 Å². The number of pyridine rings is 1. The topological polar surface area (TPSA) is 145 Å². The van der Waals surface area contributed by atoms with E-state index in [1.54, 1.807) is 26.5 Å². The van der Waals surface area contributed by atoms with Gasteiger partial charge >= 0.3 is 12.1 Å². The average molecular weight is 564 g/mol. The van der Waals surface area contributed by atoms with Crippen LogP contribution in [-0.4, -0.2) is 56.5 Å². The van der Waals surface area contributed by atoms with Crippen LogP contribution in [0.4, 0.5) is 19.0 Å². The van der Waals surface area contributed by atoms with E-state index >= 15 is 0 Å². The van der Waals surface area contributed by atoms with Crippen LogP contribution in [0, 0.1) is 0 Å². The first-order chi connectivity index (χ1) is 18.9. The lowest BCUT2D eigenvalue weighted by Gasteiger charge is -2.12. The van der Waals surface area contributed by atoms with Crippen LogP contribution >= 0.6 is 0 Å². The molecular weight excluding hydrogens is 535 g/mol. The van der Waals surface area contributed by atoms with Crippen molar-refractivity contribution < 1.29 is 42.2 Å². The van der Waals surface area contributed by atoms with Crippen molar-refractivity contribution in [1.82, 2.24) is 19.9 Å². The molecule has 14 heteroatoms. The van der Waals surface area contributed by atoms with Crippen molar-refractivity contribution in [2.45, 2.75) is 51.1 Å². The summed E-state index contributed by atoms with van der Waals surface area (Å²) in [6, 6.07) is 9.58. The van der Waals surface area contributed by atoms with E-state index in [2.05, 4.69) is 29.3 Å². The van der Waals surface area contributed by atoms with Crippen LogP contribution in [0.3, 0.4) is 0 Å². The number of fused-ring (bicyclic) bond motifs is 1. The molecule has 4 aromatic rings. The molecule has 40 heavy (non-hydrogen) atoms. The molecule has 11 nitrogen and oxygen atoms in total. The molecule has 3 aromatic heterocycles. The van der Waals surface area contributed by atoms with E-state index in [1.807, 2.05) is 28.9 Å². The summed E-state index contributed by atoms with van der Waals surface area (Å²) in [6.45, 7) is 4.65. The van der Waals surface area contributed by atoms with Gasteiger partial charge in [-0.05, 0) is 44.9 Å². The fourth-order valence-corrected chi connectivity index (χ4v) is 3.94. The third-order valence-electron chi connectivity index (χ3n) is 6.23. The quantitative estimate of drug-likeness (QED) is 0.270. The third kappa shape index (κ3) is 5.96. The van der Waals surface area contributed by atoms with Gasteiger partial charge in [0, 0.05) is 36.5 Å². The molecule has 0 amide bonds. The fourth-order valence-electron chi connectivity index (χ4n) is 3.94. The third-order valence-corrected chi connectivity index (χ3v) is 6.23. The number of rotatable bonds is 8. The number of hydrogen-bond donors (Lipinski definition) is 3. The first-order valence-electron chi connectivity index (χ1n) is 12.2. The Morgan fingerprint density at radius 1 is 1.20 bits per heavy atom. The number of carboxylic acid groups (broad SMARTS) is 1. The van der Waals surface area contributed by atoms with Crippen LogP contribution in [0.2, 0.25) is 0 Å². The summed E-state index contributed by atoms with van der Waals surface area (Å²) in [5.74, 6) is -0.137. The van der Waals surface area contributed by atoms with Gasteiger partial charge in [-0.25, -0.2) is 9.78 Å². The number of hydrogen-bond acceptors (Lipinski definition) is 9. The maximum atomic E-state index is 10.6. The van der Waals surface area contributed by atoms with Gasteiger partial charge in [-0.1, -0.05) is 5.16 Å². The number of methoxy groups -OCH3 is 2. The Balaban J connectivity index is 0.000000470. The Morgan fingerprint density at radius 2 is 1.90 bits per heavy atom. The minimum absolute atomic E-state index is 0.136. The second-order valence-electron chi connectivity index (χ2n) is 9.38. The second kappa shape index (κ2) is 11.0. The molecule has 1 aliphatic rings. The van der Waals surface area contributed by atoms with Gasteiger partial charge < -0.3 is 29.5 Å². The molecule has 5 rings (SSSR count). The molecular formula is C26H28F3N5O6. The van der Waals surface area contributed by atoms with Gasteiger partial charge in [0.05, 0.1) is 25.1 Å². The van der Waals surface area contributed by atoms with E-state index in [1.165, 1.54) is 0 Å². The maximum absolute atomic E-state index is 10.6. The highest BCUT2D eigenvalue weighted by Crippen LogP contribution is 2.46. The smallest absolute Gasteiger partial charge is 0.490 e. The van der Waals surface area contributed by atoms with Crippen molar-refractivity contribution in [2.75, 3.05) is 19.5 Å². The van der Waals surface area contributed by atoms with Crippen LogP contribution < -0.4 is 14.8 Å². The summed E-state index contributed by atoms with van der Waals surface area (Å²) >= 11 is 0. The summed E-state index contributed by atoms with van der Waals surface area (Å²) in [7, 11) is 3.26. The standard InChI is InChI=1S/C24H27N5O4.C2HF3O2/c1-14(2)29-18-7-10-25-23(26-13-15-5-6-16(31-3)11-19(15)32-4)21(18)22(27-29)17-12-20(33-28-17)24(30)8-9-24;3-2(4,5)1(6)7/h5-7,10-12,14,30H,8-9,13H2,1-4H3,(H,25,26);(H,6,7). The predicted molar refractivity (Wildman–Crippen MR) is 137 cm³/mol. The second-order valence-corrected chi connectivity index (χ2v) is 9.38. The number of carbonyl (C=O) groups is 1. The lowest BCUT2D eigenvalue weighted by Crippen LogP contribution is -2.21. The van der Waals surface area contributed by atoms with E-state index in [0.29, 0.717) is 42.4 Å². The summed E-state index contributed by atoms with van der Waals surface area (Å²) in [5.41, 5.74) is 2.25. The highest BCUT2D eigenvalue weighted by Gasteiger charge is 2.46. The van der Waals surface area contributed by atoms with Crippen molar-refractivity contribution in [3.8, 4) is 22.9 Å². The first kappa shape index (κ1) is 28.7. The van der Waals surface area contributed by atoms with Gasteiger partial charge in [-0.3, -0.25) is 4.68 Å². The molecule has 3 heterocycles. The lowest BCUT2D eigenvalue weighted by atomic mass is 10.1. The van der Waals surface area contributed by atoms with Crippen LogP contribution in [0.1, 0.15) is 44.1 Å². The largest absolute Gasteiger partial charge is 0.497 e. The van der Waals surface area contributed by atoms with E-state index < -0.39 is 17.7 Å². The van der Waals surface area contributed by atoms with E-state index in [-0.39, 0.29) is 6.04 Å². The number of aromatic nitrogens is 4. The molecule has 0 radical (unpaired) electrons. The average Bonchev–Trinajstić information content (AvgIpc) is 3.30. The monoisotopic (exact) mass is 563 g/mol. The molecule has 3 N–H and O–H groups in total. The molecule has 0 unspecified atom stereocenters. The number of nitrogens with zero attached hydrogens (tertiary/aromatic N) is 4. The normalized spacial score (nSPS) is 14.0. The van der Waals surface area contributed by atoms with Gasteiger partial charge in [0.2, 0.25) is 0 Å². The van der Waals surface area contributed by atoms with Crippen LogP contribution in [-0.2, 0) is 16.9 Å². The molecule has 1 saturated carbocycles. The van der Waals surface area contributed by atoms with Crippen LogP contribution in [0.25, 0.3) is 22.3 Å². The molecule has 1 fully saturated rings. The zero-order valence-electron chi connectivity index (χ0n) is 22.1. The Kier molecular flexibility index (Phi) is 7.91. The fraction of sp³-hybridized carbons (Fsp3) is 0.385. The number of alkyl halides is 3. The van der Waals surface area contributed by atoms with Gasteiger partial charge in [-0.2, -0.15) is 18.3 Å². The highest BCUT2D eigenvalue weighted by atomic mass is 19.4. The number of ether oxygens (including phenoxy) is 2. The van der Waals surface area contributed by atoms with Crippen LogP contribution in [0.5, 0.6) is 11.5 Å². The predicted octanol–water partition coefficient (Wildman–Crippen LogP) is 4.91. The van der Waals surface area contributed by atoms with E-state index in [0.717, 1.165) is 28.0 Å². The minimum atomic E-state index is -5.08. The molecule has 0 bridgehead atoms. The molecule has 0 aliphatic heterocycles. The molecule has 0 atom stereocenters. The number of aliphatic hydroxyl groups is 1. The number of halogens is 3. The molecule has 214 valence electrons. The SMILES string of the molecule is COc1ccc(CNc2nccc3c2c(-c2cc(C4(O)CC4)on2)nn3C(C)C)c(OC)c1.O=C(O)C(F)(F)F. The van der Waals surface area contributed by atoms with Gasteiger partial charge in [0.25, 0.3) is 0 Å². The Morgan fingerprint density at radius 3 is 2.48 bits per heavy atom. The summed E-state index contributed by atoms with van der Waals surface area (Å²) in [4.78, 5) is 13.5. The zero-order chi connectivity index (χ0) is 29.2. The van der Waals surface area contributed by atoms with E-state index in [9.17, 15) is 18.3 Å². The molecule has 0 spiro atoms. The Hall–Kier alpha value is -4.33. The Labute approximate surface area is 226 Å². The maximum Gasteiger partial charge on any atom is 0.490 e. The van der Waals surface area contributed by atoms with Gasteiger partial charge in [-0.15, -0.1) is 0 Å². The molecule has 1 aliphatic carbocycles. The number of carboxylic acids is 1. The van der Waals surface area contributed by atoms with Crippen LogP contribution in [0.15, 0.2) is 41.1 Å².